The molecule has 0 amide bonds. The van der Waals surface area contributed by atoms with Gasteiger partial charge in [-0.25, -0.2) is 0 Å². The molecule has 3 heteroatoms. The van der Waals surface area contributed by atoms with Crippen LogP contribution in [-0.2, 0) is 4.74 Å². The normalized spacial score (nSPS) is 35.3. The largest absolute Gasteiger partial charge is 0.493 e. The Morgan fingerprint density at radius 1 is 1.24 bits per heavy atom. The molecule has 0 aromatic heterocycles. The minimum absolute atomic E-state index is 0.502. The number of nitrogens with one attached hydrogen (secondary N) is 1. The summed E-state index contributed by atoms with van der Waals surface area (Å²) in [6.07, 6.45) is 7.17. The van der Waals surface area contributed by atoms with Gasteiger partial charge in [0.1, 0.15) is 5.75 Å². The molecular weight excluding hydrogens is 262 g/mol. The topological polar surface area (TPSA) is 30.5 Å². The van der Waals surface area contributed by atoms with Crippen molar-refractivity contribution in [3.63, 3.8) is 0 Å². The Hall–Kier alpha value is -1.06. The SMILES string of the molecule is CNC(CC1CCOc2ccccc21)C1CC2CCC1O2. The van der Waals surface area contributed by atoms with E-state index in [1.54, 1.807) is 0 Å². The fourth-order valence-electron chi connectivity index (χ4n) is 4.57. The number of ether oxygens (including phenoxy) is 2. The summed E-state index contributed by atoms with van der Waals surface area (Å²) < 4.78 is 11.9. The number of hydrogen-bond acceptors (Lipinski definition) is 3. The average Bonchev–Trinajstić information content (AvgIpc) is 3.15. The standard InChI is InChI=1S/C18H25NO2/c1-19-16(15-11-13-6-7-18(15)21-13)10-12-8-9-20-17-5-3-2-4-14(12)17/h2-5,12-13,15-16,18-19H,6-11H2,1H3. The highest BCUT2D eigenvalue weighted by molar-refractivity contribution is 5.37. The van der Waals surface area contributed by atoms with Gasteiger partial charge in [-0.2, -0.15) is 0 Å². The van der Waals surface area contributed by atoms with Crippen molar-refractivity contribution in [1.82, 2.24) is 5.32 Å². The minimum Gasteiger partial charge on any atom is -0.493 e. The summed E-state index contributed by atoms with van der Waals surface area (Å²) in [6.45, 7) is 0.853. The fourth-order valence-corrected chi connectivity index (χ4v) is 4.57. The van der Waals surface area contributed by atoms with Crippen LogP contribution in [0.5, 0.6) is 5.75 Å². The number of para-hydroxylation sites is 1. The second-order valence-electron chi connectivity index (χ2n) is 6.78. The van der Waals surface area contributed by atoms with Crippen molar-refractivity contribution in [1.29, 1.82) is 0 Å². The first-order valence-corrected chi connectivity index (χ1v) is 8.39. The van der Waals surface area contributed by atoms with Gasteiger partial charge in [0.2, 0.25) is 0 Å². The Bertz CT molecular complexity index is 504. The van der Waals surface area contributed by atoms with Gasteiger partial charge in [0.25, 0.3) is 0 Å². The second-order valence-corrected chi connectivity index (χ2v) is 6.78. The van der Waals surface area contributed by atoms with Crippen molar-refractivity contribution < 1.29 is 9.47 Å². The Balaban J connectivity index is 1.50. The molecule has 4 rings (SSSR count). The Morgan fingerprint density at radius 3 is 2.90 bits per heavy atom. The van der Waals surface area contributed by atoms with E-state index in [9.17, 15) is 0 Å². The van der Waals surface area contributed by atoms with Crippen LogP contribution in [0, 0.1) is 5.92 Å². The van der Waals surface area contributed by atoms with E-state index in [0.717, 1.165) is 18.8 Å². The van der Waals surface area contributed by atoms with Crippen LogP contribution in [0.25, 0.3) is 0 Å². The molecule has 5 unspecified atom stereocenters. The maximum absolute atomic E-state index is 6.06. The first-order chi connectivity index (χ1) is 10.3. The van der Waals surface area contributed by atoms with Gasteiger partial charge in [-0.3, -0.25) is 0 Å². The lowest BCUT2D eigenvalue weighted by Crippen LogP contribution is -2.40. The molecule has 0 saturated carbocycles. The lowest BCUT2D eigenvalue weighted by Gasteiger charge is -2.33. The highest BCUT2D eigenvalue weighted by atomic mass is 16.5. The van der Waals surface area contributed by atoms with E-state index in [-0.39, 0.29) is 0 Å². The summed E-state index contributed by atoms with van der Waals surface area (Å²) >= 11 is 0. The molecule has 3 aliphatic rings. The van der Waals surface area contributed by atoms with Crippen molar-refractivity contribution in [2.24, 2.45) is 5.92 Å². The first-order valence-electron chi connectivity index (χ1n) is 8.39. The van der Waals surface area contributed by atoms with E-state index in [2.05, 4.69) is 36.6 Å². The van der Waals surface area contributed by atoms with Crippen molar-refractivity contribution in [3.8, 4) is 5.75 Å². The number of benzene rings is 1. The highest BCUT2D eigenvalue weighted by Gasteiger charge is 2.44. The van der Waals surface area contributed by atoms with Crippen molar-refractivity contribution in [3.05, 3.63) is 29.8 Å². The van der Waals surface area contributed by atoms with Gasteiger partial charge in [-0.15, -0.1) is 0 Å². The lowest BCUT2D eigenvalue weighted by atomic mass is 9.78. The molecule has 0 spiro atoms. The van der Waals surface area contributed by atoms with Gasteiger partial charge in [0, 0.05) is 12.0 Å². The average molecular weight is 287 g/mol. The van der Waals surface area contributed by atoms with Gasteiger partial charge < -0.3 is 14.8 Å². The molecule has 21 heavy (non-hydrogen) atoms. The minimum atomic E-state index is 0.502. The summed E-state index contributed by atoms with van der Waals surface area (Å²) in [4.78, 5) is 0. The van der Waals surface area contributed by atoms with Crippen LogP contribution in [0.15, 0.2) is 24.3 Å². The molecule has 5 atom stereocenters. The molecule has 1 aromatic rings. The molecule has 114 valence electrons. The van der Waals surface area contributed by atoms with Crippen LogP contribution in [0.4, 0.5) is 0 Å². The van der Waals surface area contributed by atoms with Gasteiger partial charge in [0.05, 0.1) is 18.8 Å². The monoisotopic (exact) mass is 287 g/mol. The van der Waals surface area contributed by atoms with Crippen molar-refractivity contribution in [2.45, 2.75) is 56.3 Å². The summed E-state index contributed by atoms with van der Waals surface area (Å²) in [5, 5.41) is 3.59. The van der Waals surface area contributed by atoms with Crippen LogP contribution in [-0.4, -0.2) is 31.9 Å². The molecule has 0 aliphatic carbocycles. The summed E-state index contributed by atoms with van der Waals surface area (Å²) in [5.41, 5.74) is 1.40. The van der Waals surface area contributed by atoms with E-state index in [0.29, 0.717) is 30.1 Å². The Kier molecular flexibility index (Phi) is 3.64. The number of rotatable bonds is 4. The quantitative estimate of drug-likeness (QED) is 0.923. The van der Waals surface area contributed by atoms with Crippen LogP contribution < -0.4 is 10.1 Å². The number of hydrogen-bond donors (Lipinski definition) is 1. The molecule has 2 saturated heterocycles. The summed E-state index contributed by atoms with van der Waals surface area (Å²) in [5.74, 6) is 2.41. The zero-order valence-electron chi connectivity index (χ0n) is 12.8. The van der Waals surface area contributed by atoms with Gasteiger partial charge >= 0.3 is 0 Å². The van der Waals surface area contributed by atoms with Crippen molar-refractivity contribution in [2.75, 3.05) is 13.7 Å². The number of fused-ring (bicyclic) bond motifs is 3. The van der Waals surface area contributed by atoms with E-state index in [4.69, 9.17) is 9.47 Å². The first kappa shape index (κ1) is 13.6. The molecule has 1 aromatic carbocycles. The Morgan fingerprint density at radius 2 is 2.14 bits per heavy atom. The molecule has 3 nitrogen and oxygen atoms in total. The van der Waals surface area contributed by atoms with Crippen LogP contribution in [0.1, 0.15) is 43.6 Å². The molecule has 2 bridgehead atoms. The zero-order chi connectivity index (χ0) is 14.2. The molecule has 2 fully saturated rings. The third kappa shape index (κ3) is 2.47. The molecule has 0 radical (unpaired) electrons. The Labute approximate surface area is 127 Å². The van der Waals surface area contributed by atoms with Crippen LogP contribution in [0.2, 0.25) is 0 Å². The summed E-state index contributed by atoms with van der Waals surface area (Å²) in [7, 11) is 2.11. The molecule has 3 aliphatic heterocycles. The zero-order valence-corrected chi connectivity index (χ0v) is 12.8. The van der Waals surface area contributed by atoms with Crippen molar-refractivity contribution >= 4 is 0 Å². The van der Waals surface area contributed by atoms with E-state index in [1.807, 2.05) is 0 Å². The van der Waals surface area contributed by atoms with Crippen LogP contribution >= 0.6 is 0 Å². The highest BCUT2D eigenvalue weighted by Crippen LogP contribution is 2.44. The van der Waals surface area contributed by atoms with E-state index >= 15 is 0 Å². The fraction of sp³-hybridized carbons (Fsp3) is 0.667. The molecule has 1 N–H and O–H groups in total. The lowest BCUT2D eigenvalue weighted by molar-refractivity contribution is 0.0844. The predicted molar refractivity (Wildman–Crippen MR) is 82.8 cm³/mol. The maximum Gasteiger partial charge on any atom is 0.122 e. The van der Waals surface area contributed by atoms with E-state index in [1.165, 1.54) is 31.2 Å². The molecule has 3 heterocycles. The smallest absolute Gasteiger partial charge is 0.122 e. The van der Waals surface area contributed by atoms with Gasteiger partial charge in [-0.1, -0.05) is 18.2 Å². The maximum atomic E-state index is 6.06. The van der Waals surface area contributed by atoms with Crippen LogP contribution in [0.3, 0.4) is 0 Å². The molecular formula is C18H25NO2. The third-order valence-corrected chi connectivity index (χ3v) is 5.66. The predicted octanol–water partition coefficient (Wildman–Crippen LogP) is 3.10. The third-order valence-electron chi connectivity index (χ3n) is 5.66. The second kappa shape index (κ2) is 5.62. The van der Waals surface area contributed by atoms with E-state index < -0.39 is 0 Å². The van der Waals surface area contributed by atoms with Gasteiger partial charge in [0.15, 0.2) is 0 Å². The summed E-state index contributed by atoms with van der Waals surface area (Å²) in [6, 6.07) is 9.12. The van der Waals surface area contributed by atoms with Gasteiger partial charge in [-0.05, 0) is 56.7 Å².